The van der Waals surface area contributed by atoms with Crippen molar-refractivity contribution in [2.75, 3.05) is 13.1 Å². The summed E-state index contributed by atoms with van der Waals surface area (Å²) < 4.78 is 0. The zero-order valence-corrected chi connectivity index (χ0v) is 7.82. The van der Waals surface area contributed by atoms with E-state index < -0.39 is 0 Å². The van der Waals surface area contributed by atoms with Gasteiger partial charge in [0.25, 0.3) is 0 Å². The van der Waals surface area contributed by atoms with Crippen LogP contribution in [0.3, 0.4) is 0 Å². The number of hydrogen-bond acceptors (Lipinski definition) is 3. The van der Waals surface area contributed by atoms with E-state index in [4.69, 9.17) is 10.9 Å². The van der Waals surface area contributed by atoms with E-state index in [0.717, 1.165) is 12.5 Å². The lowest BCUT2D eigenvalue weighted by Crippen LogP contribution is -2.36. The molecule has 13 heavy (non-hydrogen) atoms. The van der Waals surface area contributed by atoms with Crippen LogP contribution in [0, 0.1) is 5.92 Å². The lowest BCUT2D eigenvalue weighted by molar-refractivity contribution is 0.275. The highest BCUT2D eigenvalue weighted by Crippen LogP contribution is 2.34. The molecule has 0 aromatic carbocycles. The van der Waals surface area contributed by atoms with Crippen molar-refractivity contribution in [2.45, 2.75) is 31.7 Å². The molecule has 0 radical (unpaired) electrons. The lowest BCUT2D eigenvalue weighted by Gasteiger charge is -2.20. The fraction of sp³-hybridized carbons (Fsp3) is 0.889. The molecule has 2 rings (SSSR count). The summed E-state index contributed by atoms with van der Waals surface area (Å²) in [5.74, 6) is 1.22. The molecule has 3 N–H and O–H groups in total. The van der Waals surface area contributed by atoms with E-state index in [0.29, 0.717) is 18.4 Å². The Hall–Kier alpha value is -0.770. The first kappa shape index (κ1) is 8.81. The molecule has 0 unspecified atom stereocenters. The fourth-order valence-corrected chi connectivity index (χ4v) is 1.65. The van der Waals surface area contributed by atoms with Crippen LogP contribution in [-0.4, -0.2) is 35.1 Å². The first-order valence-corrected chi connectivity index (χ1v) is 5.00. The molecule has 0 spiro atoms. The number of nitrogens with zero attached hydrogens (tertiary/aromatic N) is 2. The SMILES string of the molecule is NC(CN(CC1CC1)C1CC1)=NO. The average Bonchev–Trinajstić information content (AvgIpc) is 2.96. The summed E-state index contributed by atoms with van der Waals surface area (Å²) in [6, 6.07) is 0.709. The maximum absolute atomic E-state index is 8.47. The van der Waals surface area contributed by atoms with Crippen molar-refractivity contribution in [1.29, 1.82) is 0 Å². The van der Waals surface area contributed by atoms with Gasteiger partial charge in [0.15, 0.2) is 5.84 Å². The number of oxime groups is 1. The normalized spacial score (nSPS) is 23.9. The molecule has 0 aromatic heterocycles. The Morgan fingerprint density at radius 1 is 1.38 bits per heavy atom. The Labute approximate surface area is 78.4 Å². The van der Waals surface area contributed by atoms with E-state index in [1.54, 1.807) is 0 Å². The summed E-state index contributed by atoms with van der Waals surface area (Å²) in [4.78, 5) is 2.35. The van der Waals surface area contributed by atoms with Crippen LogP contribution in [0.25, 0.3) is 0 Å². The van der Waals surface area contributed by atoms with Gasteiger partial charge in [0.1, 0.15) is 0 Å². The zero-order valence-electron chi connectivity index (χ0n) is 7.82. The molecule has 0 saturated heterocycles. The molecule has 0 heterocycles. The second-order valence-corrected chi connectivity index (χ2v) is 4.20. The van der Waals surface area contributed by atoms with E-state index in [1.165, 1.54) is 25.7 Å². The van der Waals surface area contributed by atoms with Crippen LogP contribution in [0.2, 0.25) is 0 Å². The first-order valence-electron chi connectivity index (χ1n) is 5.00. The third-order valence-corrected chi connectivity index (χ3v) is 2.75. The van der Waals surface area contributed by atoms with Gasteiger partial charge >= 0.3 is 0 Å². The highest BCUT2D eigenvalue weighted by molar-refractivity contribution is 5.81. The van der Waals surface area contributed by atoms with Crippen molar-refractivity contribution in [2.24, 2.45) is 16.8 Å². The van der Waals surface area contributed by atoms with Crippen molar-refractivity contribution < 1.29 is 5.21 Å². The second-order valence-electron chi connectivity index (χ2n) is 4.20. The minimum absolute atomic E-state index is 0.340. The highest BCUT2D eigenvalue weighted by Gasteiger charge is 2.33. The van der Waals surface area contributed by atoms with Crippen molar-refractivity contribution in [3.63, 3.8) is 0 Å². The van der Waals surface area contributed by atoms with Gasteiger partial charge in [-0.3, -0.25) is 4.90 Å². The third-order valence-electron chi connectivity index (χ3n) is 2.75. The van der Waals surface area contributed by atoms with E-state index in [1.807, 2.05) is 0 Å². The summed E-state index contributed by atoms with van der Waals surface area (Å²) in [5, 5.41) is 11.5. The lowest BCUT2D eigenvalue weighted by atomic mass is 10.3. The molecule has 0 atom stereocenters. The molecule has 2 fully saturated rings. The minimum Gasteiger partial charge on any atom is -0.409 e. The van der Waals surface area contributed by atoms with Gasteiger partial charge in [-0.05, 0) is 31.6 Å². The quantitative estimate of drug-likeness (QED) is 0.284. The molecule has 0 bridgehead atoms. The van der Waals surface area contributed by atoms with Gasteiger partial charge in [-0.2, -0.15) is 0 Å². The Bertz CT molecular complexity index is 209. The number of hydrogen-bond donors (Lipinski definition) is 2. The monoisotopic (exact) mass is 183 g/mol. The van der Waals surface area contributed by atoms with Crippen LogP contribution in [0.15, 0.2) is 5.16 Å². The number of amidine groups is 1. The van der Waals surface area contributed by atoms with Crippen LogP contribution in [0.1, 0.15) is 25.7 Å². The summed E-state index contributed by atoms with van der Waals surface area (Å²) in [6.45, 7) is 1.78. The number of rotatable bonds is 5. The van der Waals surface area contributed by atoms with Crippen LogP contribution >= 0.6 is 0 Å². The van der Waals surface area contributed by atoms with Gasteiger partial charge < -0.3 is 10.9 Å². The molecule has 2 aliphatic carbocycles. The van der Waals surface area contributed by atoms with Crippen LogP contribution in [0.5, 0.6) is 0 Å². The molecule has 0 amide bonds. The fourth-order valence-electron chi connectivity index (χ4n) is 1.65. The second kappa shape index (κ2) is 3.54. The van der Waals surface area contributed by atoms with Crippen molar-refractivity contribution in [3.8, 4) is 0 Å². The Balaban J connectivity index is 1.81. The van der Waals surface area contributed by atoms with E-state index in [9.17, 15) is 0 Å². The van der Waals surface area contributed by atoms with Crippen molar-refractivity contribution in [3.05, 3.63) is 0 Å². The minimum atomic E-state index is 0.340. The first-order chi connectivity index (χ1) is 6.29. The molecule has 2 saturated carbocycles. The summed E-state index contributed by atoms with van der Waals surface area (Å²) in [6.07, 6.45) is 5.29. The molecule has 0 aromatic rings. The summed E-state index contributed by atoms with van der Waals surface area (Å²) in [5.41, 5.74) is 5.49. The molecular formula is C9H17N3O. The van der Waals surface area contributed by atoms with Gasteiger partial charge in [-0.25, -0.2) is 0 Å². The van der Waals surface area contributed by atoms with Gasteiger partial charge in [0.05, 0.1) is 6.54 Å². The maximum Gasteiger partial charge on any atom is 0.153 e. The largest absolute Gasteiger partial charge is 0.409 e. The summed E-state index contributed by atoms with van der Waals surface area (Å²) >= 11 is 0. The van der Waals surface area contributed by atoms with Gasteiger partial charge in [0, 0.05) is 12.6 Å². The topological polar surface area (TPSA) is 61.8 Å². The maximum atomic E-state index is 8.47. The zero-order chi connectivity index (χ0) is 9.26. The Morgan fingerprint density at radius 2 is 2.08 bits per heavy atom. The summed E-state index contributed by atoms with van der Waals surface area (Å²) in [7, 11) is 0. The molecule has 0 aliphatic heterocycles. The third kappa shape index (κ3) is 2.59. The van der Waals surface area contributed by atoms with Crippen molar-refractivity contribution in [1.82, 2.24) is 4.90 Å². The Kier molecular flexibility index (Phi) is 2.40. The average molecular weight is 183 g/mol. The highest BCUT2D eigenvalue weighted by atomic mass is 16.4. The van der Waals surface area contributed by atoms with Crippen LogP contribution < -0.4 is 5.73 Å². The predicted molar refractivity (Wildman–Crippen MR) is 50.7 cm³/mol. The molecule has 74 valence electrons. The van der Waals surface area contributed by atoms with E-state index in [2.05, 4.69) is 10.1 Å². The van der Waals surface area contributed by atoms with Gasteiger partial charge in [-0.15, -0.1) is 0 Å². The number of nitrogens with two attached hydrogens (primary N) is 1. The standard InChI is InChI=1S/C9H17N3O/c10-9(11-13)6-12(8-3-4-8)5-7-1-2-7/h7-8,13H,1-6H2,(H2,10,11). The van der Waals surface area contributed by atoms with Gasteiger partial charge in [0.2, 0.25) is 0 Å². The van der Waals surface area contributed by atoms with E-state index >= 15 is 0 Å². The van der Waals surface area contributed by atoms with Crippen molar-refractivity contribution >= 4 is 5.84 Å². The molecule has 4 nitrogen and oxygen atoms in total. The molecule has 4 heteroatoms. The molecular weight excluding hydrogens is 166 g/mol. The van der Waals surface area contributed by atoms with E-state index in [-0.39, 0.29) is 0 Å². The van der Waals surface area contributed by atoms with Gasteiger partial charge in [-0.1, -0.05) is 5.16 Å². The molecule has 2 aliphatic rings. The Morgan fingerprint density at radius 3 is 2.54 bits per heavy atom. The predicted octanol–water partition coefficient (Wildman–Crippen LogP) is 0.607. The van der Waals surface area contributed by atoms with Crippen LogP contribution in [0.4, 0.5) is 0 Å². The smallest absolute Gasteiger partial charge is 0.153 e. The van der Waals surface area contributed by atoms with Crippen LogP contribution in [-0.2, 0) is 0 Å².